The first kappa shape index (κ1) is 13.2. The van der Waals surface area contributed by atoms with E-state index in [0.717, 1.165) is 0 Å². The summed E-state index contributed by atoms with van der Waals surface area (Å²) < 4.78 is 0. The highest BCUT2D eigenvalue weighted by Crippen LogP contribution is 2.22. The first-order valence-electron chi connectivity index (χ1n) is 5.97. The predicted octanol–water partition coefficient (Wildman–Crippen LogP) is 2.62. The SMILES string of the molecule is CCC(O)C(O)CC(C)c1ccc(C)cc1. The summed E-state index contributed by atoms with van der Waals surface area (Å²) in [7, 11) is 0. The number of hydrogen-bond acceptors (Lipinski definition) is 2. The third-order valence-corrected chi connectivity index (χ3v) is 3.10. The highest BCUT2D eigenvalue weighted by Gasteiger charge is 2.18. The number of hydrogen-bond donors (Lipinski definition) is 2. The molecule has 0 bridgehead atoms. The second-order valence-corrected chi connectivity index (χ2v) is 4.59. The van der Waals surface area contributed by atoms with Crippen molar-refractivity contribution in [3.05, 3.63) is 35.4 Å². The molecule has 0 radical (unpaired) electrons. The number of benzene rings is 1. The quantitative estimate of drug-likeness (QED) is 0.804. The van der Waals surface area contributed by atoms with Crippen LogP contribution in [0.4, 0.5) is 0 Å². The molecule has 3 unspecified atom stereocenters. The fourth-order valence-electron chi connectivity index (χ4n) is 1.82. The van der Waals surface area contributed by atoms with E-state index in [1.165, 1.54) is 11.1 Å². The number of rotatable bonds is 5. The molecule has 0 amide bonds. The van der Waals surface area contributed by atoms with E-state index in [4.69, 9.17) is 0 Å². The summed E-state index contributed by atoms with van der Waals surface area (Å²) in [6.07, 6.45) is -0.0194. The Morgan fingerprint density at radius 2 is 1.62 bits per heavy atom. The Balaban J connectivity index is 2.58. The van der Waals surface area contributed by atoms with Crippen molar-refractivity contribution in [2.45, 2.75) is 51.7 Å². The largest absolute Gasteiger partial charge is 0.390 e. The van der Waals surface area contributed by atoms with Gasteiger partial charge in [-0.2, -0.15) is 0 Å². The highest BCUT2D eigenvalue weighted by atomic mass is 16.3. The minimum absolute atomic E-state index is 0.275. The van der Waals surface area contributed by atoms with Crippen LogP contribution in [0.3, 0.4) is 0 Å². The van der Waals surface area contributed by atoms with E-state index in [0.29, 0.717) is 12.8 Å². The average Bonchev–Trinajstić information content (AvgIpc) is 2.28. The first-order valence-corrected chi connectivity index (χ1v) is 5.97. The smallest absolute Gasteiger partial charge is 0.0804 e. The zero-order valence-corrected chi connectivity index (χ0v) is 10.4. The van der Waals surface area contributed by atoms with Crippen molar-refractivity contribution < 1.29 is 10.2 Å². The van der Waals surface area contributed by atoms with Crippen molar-refractivity contribution in [1.29, 1.82) is 0 Å². The van der Waals surface area contributed by atoms with Crippen LogP contribution in [0.2, 0.25) is 0 Å². The van der Waals surface area contributed by atoms with Crippen molar-refractivity contribution in [2.24, 2.45) is 0 Å². The molecule has 0 heterocycles. The van der Waals surface area contributed by atoms with Gasteiger partial charge in [0, 0.05) is 0 Å². The molecule has 1 rings (SSSR count). The Morgan fingerprint density at radius 1 is 1.06 bits per heavy atom. The van der Waals surface area contributed by atoms with Crippen molar-refractivity contribution in [1.82, 2.24) is 0 Å². The summed E-state index contributed by atoms with van der Waals surface area (Å²) in [4.78, 5) is 0. The lowest BCUT2D eigenvalue weighted by Gasteiger charge is -2.20. The Labute approximate surface area is 97.9 Å². The lowest BCUT2D eigenvalue weighted by molar-refractivity contribution is 0.00953. The molecule has 0 aliphatic rings. The Kier molecular flexibility index (Phi) is 4.97. The second kappa shape index (κ2) is 6.02. The summed E-state index contributed by atoms with van der Waals surface area (Å²) in [5.41, 5.74) is 2.46. The molecule has 0 aromatic heterocycles. The maximum atomic E-state index is 9.75. The van der Waals surface area contributed by atoms with Gasteiger partial charge in [-0.25, -0.2) is 0 Å². The van der Waals surface area contributed by atoms with E-state index in [9.17, 15) is 10.2 Å². The van der Waals surface area contributed by atoms with Crippen LogP contribution in [-0.4, -0.2) is 22.4 Å². The molecule has 2 heteroatoms. The molecule has 0 aliphatic carbocycles. The van der Waals surface area contributed by atoms with Crippen molar-refractivity contribution >= 4 is 0 Å². The van der Waals surface area contributed by atoms with Crippen LogP contribution >= 0.6 is 0 Å². The van der Waals surface area contributed by atoms with E-state index in [2.05, 4.69) is 38.1 Å². The molecular formula is C14H22O2. The van der Waals surface area contributed by atoms with E-state index >= 15 is 0 Å². The molecule has 0 saturated heterocycles. The molecule has 2 nitrogen and oxygen atoms in total. The predicted molar refractivity (Wildman–Crippen MR) is 66.5 cm³/mol. The van der Waals surface area contributed by atoms with Gasteiger partial charge in [0.25, 0.3) is 0 Å². The Bertz CT molecular complexity index is 305. The van der Waals surface area contributed by atoms with Crippen molar-refractivity contribution in [3.63, 3.8) is 0 Å². The summed E-state index contributed by atoms with van der Waals surface area (Å²) in [5, 5.41) is 19.3. The standard InChI is InChI=1S/C14H22O2/c1-4-13(15)14(16)9-11(3)12-7-5-10(2)6-8-12/h5-8,11,13-16H,4,9H2,1-3H3. The summed E-state index contributed by atoms with van der Waals surface area (Å²) in [5.74, 6) is 0.275. The zero-order valence-electron chi connectivity index (χ0n) is 10.4. The molecule has 1 aromatic rings. The lowest BCUT2D eigenvalue weighted by Crippen LogP contribution is -2.26. The fraction of sp³-hybridized carbons (Fsp3) is 0.571. The molecule has 90 valence electrons. The molecule has 0 spiro atoms. The molecule has 3 atom stereocenters. The van der Waals surface area contributed by atoms with Gasteiger partial charge in [0.1, 0.15) is 0 Å². The zero-order chi connectivity index (χ0) is 12.1. The van der Waals surface area contributed by atoms with Crippen LogP contribution in [0.1, 0.15) is 43.7 Å². The third-order valence-electron chi connectivity index (χ3n) is 3.10. The molecule has 16 heavy (non-hydrogen) atoms. The lowest BCUT2D eigenvalue weighted by atomic mass is 9.92. The van der Waals surface area contributed by atoms with Gasteiger partial charge >= 0.3 is 0 Å². The van der Waals surface area contributed by atoms with Crippen LogP contribution in [-0.2, 0) is 0 Å². The number of aliphatic hydroxyl groups is 2. The molecule has 2 N–H and O–H groups in total. The van der Waals surface area contributed by atoms with Crippen LogP contribution < -0.4 is 0 Å². The topological polar surface area (TPSA) is 40.5 Å². The fourth-order valence-corrected chi connectivity index (χ4v) is 1.82. The minimum Gasteiger partial charge on any atom is -0.390 e. The average molecular weight is 222 g/mol. The normalized spacial score (nSPS) is 16.8. The maximum absolute atomic E-state index is 9.75. The molecule has 1 aromatic carbocycles. The molecular weight excluding hydrogens is 200 g/mol. The molecule has 0 saturated carbocycles. The third kappa shape index (κ3) is 3.62. The van der Waals surface area contributed by atoms with Gasteiger partial charge in [0.05, 0.1) is 12.2 Å². The van der Waals surface area contributed by atoms with Crippen molar-refractivity contribution in [2.75, 3.05) is 0 Å². The summed E-state index contributed by atoms with van der Waals surface area (Å²) >= 11 is 0. The number of aliphatic hydroxyl groups excluding tert-OH is 2. The van der Waals surface area contributed by atoms with Gasteiger partial charge in [-0.15, -0.1) is 0 Å². The van der Waals surface area contributed by atoms with Crippen LogP contribution in [0.25, 0.3) is 0 Å². The van der Waals surface area contributed by atoms with E-state index < -0.39 is 12.2 Å². The number of aryl methyl sites for hydroxylation is 1. The van der Waals surface area contributed by atoms with Crippen LogP contribution in [0.15, 0.2) is 24.3 Å². The molecule has 0 aliphatic heterocycles. The van der Waals surface area contributed by atoms with Crippen molar-refractivity contribution in [3.8, 4) is 0 Å². The summed E-state index contributed by atoms with van der Waals surface area (Å²) in [6.45, 7) is 6.02. The Hall–Kier alpha value is -0.860. The minimum atomic E-state index is -0.624. The van der Waals surface area contributed by atoms with Gasteiger partial charge in [0.15, 0.2) is 0 Å². The van der Waals surface area contributed by atoms with Gasteiger partial charge in [-0.05, 0) is 31.2 Å². The van der Waals surface area contributed by atoms with Gasteiger partial charge in [-0.1, -0.05) is 43.7 Å². The highest BCUT2D eigenvalue weighted by molar-refractivity contribution is 5.24. The Morgan fingerprint density at radius 3 is 2.12 bits per heavy atom. The maximum Gasteiger partial charge on any atom is 0.0804 e. The van der Waals surface area contributed by atoms with E-state index in [1.54, 1.807) is 0 Å². The van der Waals surface area contributed by atoms with E-state index in [-0.39, 0.29) is 5.92 Å². The monoisotopic (exact) mass is 222 g/mol. The van der Waals surface area contributed by atoms with E-state index in [1.807, 2.05) is 6.92 Å². The second-order valence-electron chi connectivity index (χ2n) is 4.59. The van der Waals surface area contributed by atoms with Crippen LogP contribution in [0.5, 0.6) is 0 Å². The summed E-state index contributed by atoms with van der Waals surface area (Å²) in [6, 6.07) is 8.33. The van der Waals surface area contributed by atoms with Gasteiger partial charge in [-0.3, -0.25) is 0 Å². The van der Waals surface area contributed by atoms with Gasteiger partial charge in [0.2, 0.25) is 0 Å². The van der Waals surface area contributed by atoms with Crippen LogP contribution in [0, 0.1) is 6.92 Å². The van der Waals surface area contributed by atoms with Gasteiger partial charge < -0.3 is 10.2 Å². The first-order chi connectivity index (χ1) is 7.54. The molecule has 0 fully saturated rings.